The van der Waals surface area contributed by atoms with Crippen LogP contribution in [-0.2, 0) is 6.54 Å². The molecule has 1 aliphatic heterocycles. The van der Waals surface area contributed by atoms with Gasteiger partial charge >= 0.3 is 0 Å². The number of carbonyl (C=O) groups is 1. The monoisotopic (exact) mass is 448 g/mol. The maximum atomic E-state index is 13.1. The fourth-order valence-electron chi connectivity index (χ4n) is 3.73. The smallest absolute Gasteiger partial charge is 0.274 e. The predicted molar refractivity (Wildman–Crippen MR) is 118 cm³/mol. The molecule has 5 rings (SSSR count). The molecule has 0 saturated carbocycles. The van der Waals surface area contributed by atoms with Crippen LogP contribution in [0, 0.1) is 12.7 Å². The lowest BCUT2D eigenvalue weighted by Crippen LogP contribution is -2.60. The standard InChI is InChI=1S/C22H21FN8O2/c1-14-24-25-19-8-9-20(27-31(14)19)29-12-17(13-29)28(2)22(33)18-7-10-21(32)30(26-18)11-15-3-5-16(23)6-4-15/h3-10,17H,11-13H2,1-2H3. The molecule has 1 aliphatic rings. The summed E-state index contributed by atoms with van der Waals surface area (Å²) < 4.78 is 16.0. The number of likely N-dealkylation sites (N-methyl/N-ethyl adjacent to an activating group) is 1. The van der Waals surface area contributed by atoms with Gasteiger partial charge in [-0.3, -0.25) is 9.59 Å². The van der Waals surface area contributed by atoms with Crippen molar-refractivity contribution in [1.29, 1.82) is 0 Å². The van der Waals surface area contributed by atoms with Gasteiger partial charge in [-0.25, -0.2) is 9.07 Å². The fourth-order valence-corrected chi connectivity index (χ4v) is 3.73. The summed E-state index contributed by atoms with van der Waals surface area (Å²) in [7, 11) is 1.72. The normalized spacial score (nSPS) is 13.8. The van der Waals surface area contributed by atoms with Crippen molar-refractivity contribution in [2.75, 3.05) is 25.0 Å². The average Bonchev–Trinajstić information content (AvgIpc) is 3.15. The van der Waals surface area contributed by atoms with Crippen LogP contribution in [0.1, 0.15) is 21.9 Å². The quantitative estimate of drug-likeness (QED) is 0.451. The van der Waals surface area contributed by atoms with E-state index < -0.39 is 0 Å². The van der Waals surface area contributed by atoms with Gasteiger partial charge in [-0.2, -0.15) is 9.61 Å². The first-order chi connectivity index (χ1) is 15.9. The Morgan fingerprint density at radius 3 is 2.58 bits per heavy atom. The van der Waals surface area contributed by atoms with Crippen LogP contribution in [0.3, 0.4) is 0 Å². The van der Waals surface area contributed by atoms with Gasteiger partial charge in [-0.15, -0.1) is 15.3 Å². The third kappa shape index (κ3) is 3.93. The Kier molecular flexibility index (Phi) is 5.08. The van der Waals surface area contributed by atoms with Crippen LogP contribution in [0.5, 0.6) is 0 Å². The van der Waals surface area contributed by atoms with Crippen molar-refractivity contribution in [2.45, 2.75) is 19.5 Å². The first kappa shape index (κ1) is 20.7. The first-order valence-corrected chi connectivity index (χ1v) is 10.4. The summed E-state index contributed by atoms with van der Waals surface area (Å²) in [5.74, 6) is 0.864. The Bertz CT molecular complexity index is 1390. The van der Waals surface area contributed by atoms with E-state index in [0.717, 1.165) is 5.82 Å². The Morgan fingerprint density at radius 1 is 1.06 bits per heavy atom. The van der Waals surface area contributed by atoms with Crippen LogP contribution in [0.4, 0.5) is 10.2 Å². The molecule has 1 fully saturated rings. The van der Waals surface area contributed by atoms with Gasteiger partial charge in [0, 0.05) is 26.2 Å². The SMILES string of the molecule is Cc1nnc2ccc(N3CC(N(C)C(=O)c4ccc(=O)n(Cc5ccc(F)cc5)n4)C3)nn12. The van der Waals surface area contributed by atoms with Crippen molar-refractivity contribution >= 4 is 17.4 Å². The zero-order valence-electron chi connectivity index (χ0n) is 18.1. The van der Waals surface area contributed by atoms with Crippen LogP contribution in [0.15, 0.2) is 53.3 Å². The molecular weight excluding hydrogens is 427 g/mol. The highest BCUT2D eigenvalue weighted by Gasteiger charge is 2.34. The number of anilines is 1. The third-order valence-corrected chi connectivity index (χ3v) is 5.79. The number of amides is 1. The Labute approximate surface area is 187 Å². The number of halogens is 1. The van der Waals surface area contributed by atoms with Crippen LogP contribution in [-0.4, -0.2) is 66.6 Å². The van der Waals surface area contributed by atoms with Gasteiger partial charge in [0.25, 0.3) is 11.5 Å². The van der Waals surface area contributed by atoms with E-state index in [1.807, 2.05) is 19.1 Å². The highest BCUT2D eigenvalue weighted by Crippen LogP contribution is 2.22. The molecular formula is C22H21FN8O2. The second-order valence-corrected chi connectivity index (χ2v) is 8.02. The van der Waals surface area contributed by atoms with E-state index in [2.05, 4.69) is 25.3 Å². The van der Waals surface area contributed by atoms with E-state index in [1.54, 1.807) is 28.6 Å². The second kappa shape index (κ2) is 8.08. The molecule has 168 valence electrons. The number of nitrogens with zero attached hydrogens (tertiary/aromatic N) is 8. The summed E-state index contributed by atoms with van der Waals surface area (Å²) in [6, 6.07) is 12.3. The zero-order valence-corrected chi connectivity index (χ0v) is 18.1. The number of benzene rings is 1. The fraction of sp³-hybridized carbons (Fsp3) is 0.273. The number of carbonyl (C=O) groups excluding carboxylic acids is 1. The highest BCUT2D eigenvalue weighted by atomic mass is 19.1. The summed E-state index contributed by atoms with van der Waals surface area (Å²) in [5, 5.41) is 16.9. The number of aryl methyl sites for hydroxylation is 1. The van der Waals surface area contributed by atoms with Crippen LogP contribution >= 0.6 is 0 Å². The Morgan fingerprint density at radius 2 is 1.82 bits per heavy atom. The summed E-state index contributed by atoms with van der Waals surface area (Å²) in [6.07, 6.45) is 0. The molecule has 4 heterocycles. The maximum Gasteiger partial charge on any atom is 0.274 e. The van der Waals surface area contributed by atoms with Crippen LogP contribution in [0.2, 0.25) is 0 Å². The zero-order chi connectivity index (χ0) is 23.1. The molecule has 0 bridgehead atoms. The van der Waals surface area contributed by atoms with E-state index in [9.17, 15) is 14.0 Å². The molecule has 0 unspecified atom stereocenters. The summed E-state index contributed by atoms with van der Waals surface area (Å²) in [6.45, 7) is 3.23. The molecule has 0 atom stereocenters. The molecule has 4 aromatic rings. The number of fused-ring (bicyclic) bond motifs is 1. The first-order valence-electron chi connectivity index (χ1n) is 10.4. The summed E-state index contributed by atoms with van der Waals surface area (Å²) in [4.78, 5) is 28.9. The van der Waals surface area contributed by atoms with E-state index >= 15 is 0 Å². The molecule has 1 aromatic carbocycles. The molecule has 10 nitrogen and oxygen atoms in total. The van der Waals surface area contributed by atoms with Crippen molar-refractivity contribution in [3.05, 3.63) is 81.8 Å². The highest BCUT2D eigenvalue weighted by molar-refractivity contribution is 5.92. The van der Waals surface area contributed by atoms with Gasteiger partial charge in [0.15, 0.2) is 11.5 Å². The molecule has 33 heavy (non-hydrogen) atoms. The van der Waals surface area contributed by atoms with E-state index in [4.69, 9.17) is 0 Å². The van der Waals surface area contributed by atoms with E-state index in [0.29, 0.717) is 30.1 Å². The lowest BCUT2D eigenvalue weighted by Gasteiger charge is -2.44. The number of hydrogen-bond donors (Lipinski definition) is 0. The van der Waals surface area contributed by atoms with Gasteiger partial charge < -0.3 is 9.80 Å². The van der Waals surface area contributed by atoms with E-state index in [-0.39, 0.29) is 35.6 Å². The molecule has 0 radical (unpaired) electrons. The minimum Gasteiger partial charge on any atom is -0.351 e. The van der Waals surface area contributed by atoms with Crippen molar-refractivity contribution in [3.63, 3.8) is 0 Å². The van der Waals surface area contributed by atoms with Gasteiger partial charge in [-0.05, 0) is 42.8 Å². The molecule has 1 saturated heterocycles. The van der Waals surface area contributed by atoms with Crippen molar-refractivity contribution < 1.29 is 9.18 Å². The minimum atomic E-state index is -0.355. The van der Waals surface area contributed by atoms with Crippen LogP contribution in [0.25, 0.3) is 5.65 Å². The van der Waals surface area contributed by atoms with Gasteiger partial charge in [-0.1, -0.05) is 12.1 Å². The maximum absolute atomic E-state index is 13.1. The lowest BCUT2D eigenvalue weighted by atomic mass is 10.1. The topological polar surface area (TPSA) is 102 Å². The predicted octanol–water partition coefficient (Wildman–Crippen LogP) is 1.14. The van der Waals surface area contributed by atoms with Gasteiger partial charge in [0.1, 0.15) is 17.3 Å². The van der Waals surface area contributed by atoms with Gasteiger partial charge in [0.05, 0.1) is 12.6 Å². The molecule has 0 N–H and O–H groups in total. The average molecular weight is 448 g/mol. The van der Waals surface area contributed by atoms with Crippen molar-refractivity contribution in [2.24, 2.45) is 0 Å². The number of hydrogen-bond acceptors (Lipinski definition) is 7. The molecule has 1 amide bonds. The molecule has 11 heteroatoms. The molecule has 3 aromatic heterocycles. The Hall–Kier alpha value is -4.15. The molecule has 0 spiro atoms. The third-order valence-electron chi connectivity index (χ3n) is 5.79. The van der Waals surface area contributed by atoms with Crippen molar-refractivity contribution in [3.8, 4) is 0 Å². The minimum absolute atomic E-state index is 0.0173. The second-order valence-electron chi connectivity index (χ2n) is 8.02. The lowest BCUT2D eigenvalue weighted by molar-refractivity contribution is 0.0696. The summed E-state index contributed by atoms with van der Waals surface area (Å²) >= 11 is 0. The summed E-state index contributed by atoms with van der Waals surface area (Å²) in [5.41, 5.74) is 1.24. The Balaban J connectivity index is 1.27. The number of rotatable bonds is 5. The van der Waals surface area contributed by atoms with Crippen molar-refractivity contribution in [1.82, 2.24) is 34.5 Å². The van der Waals surface area contributed by atoms with Gasteiger partial charge in [0.2, 0.25) is 0 Å². The van der Waals surface area contributed by atoms with Crippen LogP contribution < -0.4 is 10.5 Å². The van der Waals surface area contributed by atoms with E-state index in [1.165, 1.54) is 28.9 Å². The molecule has 0 aliphatic carbocycles. The largest absolute Gasteiger partial charge is 0.351 e. The number of aromatic nitrogens is 6.